The van der Waals surface area contributed by atoms with Crippen LogP contribution in [0.15, 0.2) is 41.4 Å². The van der Waals surface area contributed by atoms with E-state index in [-0.39, 0.29) is 36.3 Å². The maximum absolute atomic E-state index is 12.0. The molecule has 2 aromatic rings. The third kappa shape index (κ3) is 6.10. The van der Waals surface area contributed by atoms with Crippen molar-refractivity contribution < 1.29 is 4.79 Å². The van der Waals surface area contributed by atoms with Gasteiger partial charge in [0.2, 0.25) is 5.91 Å². The highest BCUT2D eigenvalue weighted by molar-refractivity contribution is 14.0. The van der Waals surface area contributed by atoms with Crippen molar-refractivity contribution in [3.8, 4) is 0 Å². The molecule has 27 heavy (non-hydrogen) atoms. The van der Waals surface area contributed by atoms with Crippen LogP contribution in [0.5, 0.6) is 0 Å². The number of hydrogen-bond acceptors (Lipinski definition) is 2. The average molecular weight is 499 g/mol. The summed E-state index contributed by atoms with van der Waals surface area (Å²) in [4.78, 5) is 16.2. The largest absolute Gasteiger partial charge is 0.370 e. The highest BCUT2D eigenvalue weighted by Crippen LogP contribution is 2.25. The lowest BCUT2D eigenvalue weighted by atomic mass is 10.1. The van der Waals surface area contributed by atoms with Crippen LogP contribution in [0.4, 0.5) is 11.4 Å². The Hall–Kier alpha value is -1.80. The zero-order chi connectivity index (χ0) is 18.5. The van der Waals surface area contributed by atoms with Crippen molar-refractivity contribution in [1.82, 2.24) is 0 Å². The van der Waals surface area contributed by atoms with E-state index < -0.39 is 0 Å². The molecule has 7 heteroatoms. The molecule has 1 aliphatic carbocycles. The van der Waals surface area contributed by atoms with E-state index in [2.05, 4.69) is 27.8 Å². The molecule has 1 aliphatic rings. The van der Waals surface area contributed by atoms with Crippen LogP contribution in [-0.4, -0.2) is 18.4 Å². The van der Waals surface area contributed by atoms with E-state index in [1.807, 2.05) is 25.1 Å². The molecule has 0 radical (unpaired) electrons. The molecule has 0 heterocycles. The summed E-state index contributed by atoms with van der Waals surface area (Å²) in [6, 6.07) is 11.8. The number of fused-ring (bicyclic) bond motifs is 1. The molecule has 0 atom stereocenters. The summed E-state index contributed by atoms with van der Waals surface area (Å²) in [6.07, 6.45) is 3.71. The molecule has 0 fully saturated rings. The Balaban J connectivity index is 0.00000261. The van der Waals surface area contributed by atoms with Gasteiger partial charge in [0, 0.05) is 12.1 Å². The van der Waals surface area contributed by atoms with Gasteiger partial charge in [-0.15, -0.1) is 24.0 Å². The predicted molar refractivity (Wildman–Crippen MR) is 123 cm³/mol. The van der Waals surface area contributed by atoms with E-state index in [0.29, 0.717) is 23.2 Å². The predicted octanol–water partition coefficient (Wildman–Crippen LogP) is 4.51. The summed E-state index contributed by atoms with van der Waals surface area (Å²) in [5, 5.41) is 6.40. The summed E-state index contributed by atoms with van der Waals surface area (Å²) in [5.74, 6) is 0.161. The second kappa shape index (κ2) is 9.94. The van der Waals surface area contributed by atoms with Crippen molar-refractivity contribution in [1.29, 1.82) is 0 Å². The number of benzene rings is 2. The molecule has 0 spiro atoms. The van der Waals surface area contributed by atoms with E-state index in [4.69, 9.17) is 17.3 Å². The van der Waals surface area contributed by atoms with E-state index in [9.17, 15) is 4.79 Å². The first-order chi connectivity index (χ1) is 12.5. The van der Waals surface area contributed by atoms with Crippen LogP contribution in [0.3, 0.4) is 0 Å². The number of aliphatic imine (C=N–C) groups is 1. The normalized spacial score (nSPS) is 12.9. The minimum absolute atomic E-state index is 0. The smallest absolute Gasteiger partial charge is 0.226 e. The van der Waals surface area contributed by atoms with Gasteiger partial charge < -0.3 is 16.4 Å². The van der Waals surface area contributed by atoms with Gasteiger partial charge in [-0.05, 0) is 67.1 Å². The third-order valence-electron chi connectivity index (χ3n) is 4.39. The Morgan fingerprint density at radius 3 is 2.70 bits per heavy atom. The number of amides is 1. The van der Waals surface area contributed by atoms with Gasteiger partial charge in [-0.25, -0.2) is 0 Å². The lowest BCUT2D eigenvalue weighted by molar-refractivity contribution is -0.116. The van der Waals surface area contributed by atoms with E-state index in [0.717, 1.165) is 24.1 Å². The Labute approximate surface area is 181 Å². The van der Waals surface area contributed by atoms with Crippen molar-refractivity contribution in [2.75, 3.05) is 17.2 Å². The molecule has 0 saturated heterocycles. The number of nitrogens with zero attached hydrogens (tertiary/aromatic N) is 1. The molecular weight excluding hydrogens is 475 g/mol. The second-order valence-corrected chi connectivity index (χ2v) is 6.92. The van der Waals surface area contributed by atoms with Gasteiger partial charge in [0.25, 0.3) is 0 Å². The van der Waals surface area contributed by atoms with Gasteiger partial charge in [-0.1, -0.05) is 23.7 Å². The molecule has 0 aromatic heterocycles. The SMILES string of the molecule is Cc1ccc(NC(=O)CCN=C(N)Nc2ccc3c(c2)CCC3)c(Cl)c1.I. The fourth-order valence-corrected chi connectivity index (χ4v) is 3.33. The van der Waals surface area contributed by atoms with Gasteiger partial charge >= 0.3 is 0 Å². The second-order valence-electron chi connectivity index (χ2n) is 6.51. The van der Waals surface area contributed by atoms with Gasteiger partial charge in [0.1, 0.15) is 0 Å². The monoisotopic (exact) mass is 498 g/mol. The molecule has 1 amide bonds. The number of aryl methyl sites for hydroxylation is 3. The summed E-state index contributed by atoms with van der Waals surface area (Å²) < 4.78 is 0. The Kier molecular flexibility index (Phi) is 7.91. The molecule has 144 valence electrons. The minimum Gasteiger partial charge on any atom is -0.370 e. The standard InChI is InChI=1S/C20H23ClN4O.HI/c1-13-5-8-18(17(21)11-13)25-19(26)9-10-23-20(22)24-16-7-6-14-3-2-4-15(14)12-16;/h5-8,11-12H,2-4,9-10H2,1H3,(H,25,26)(H3,22,23,24);1H. The van der Waals surface area contributed by atoms with Crippen LogP contribution in [0, 0.1) is 6.92 Å². The molecule has 0 bridgehead atoms. The van der Waals surface area contributed by atoms with E-state index >= 15 is 0 Å². The van der Waals surface area contributed by atoms with Gasteiger partial charge in [0.05, 0.1) is 17.3 Å². The number of nitrogens with one attached hydrogen (secondary N) is 2. The Bertz CT molecular complexity index is 854. The van der Waals surface area contributed by atoms with Gasteiger partial charge in [-0.2, -0.15) is 0 Å². The number of nitrogens with two attached hydrogens (primary N) is 1. The van der Waals surface area contributed by atoms with Gasteiger partial charge in [0.15, 0.2) is 5.96 Å². The quantitative estimate of drug-likeness (QED) is 0.322. The van der Waals surface area contributed by atoms with Crippen molar-refractivity contribution >= 4 is 58.8 Å². The zero-order valence-corrected chi connectivity index (χ0v) is 18.3. The van der Waals surface area contributed by atoms with Crippen molar-refractivity contribution in [3.63, 3.8) is 0 Å². The maximum atomic E-state index is 12.0. The number of hydrogen-bond donors (Lipinski definition) is 3. The third-order valence-corrected chi connectivity index (χ3v) is 4.70. The highest BCUT2D eigenvalue weighted by atomic mass is 127. The van der Waals surface area contributed by atoms with Crippen molar-refractivity contribution in [3.05, 3.63) is 58.1 Å². The number of halogens is 2. The number of anilines is 2. The van der Waals surface area contributed by atoms with Crippen molar-refractivity contribution in [2.24, 2.45) is 10.7 Å². The Morgan fingerprint density at radius 2 is 1.93 bits per heavy atom. The van der Waals surface area contributed by atoms with E-state index in [1.54, 1.807) is 6.07 Å². The summed E-state index contributed by atoms with van der Waals surface area (Å²) in [7, 11) is 0. The van der Waals surface area contributed by atoms with Crippen LogP contribution >= 0.6 is 35.6 Å². The number of rotatable bonds is 5. The molecule has 0 unspecified atom stereocenters. The van der Waals surface area contributed by atoms with Crippen LogP contribution in [0.2, 0.25) is 5.02 Å². The van der Waals surface area contributed by atoms with E-state index in [1.165, 1.54) is 17.5 Å². The number of carbonyl (C=O) groups is 1. The van der Waals surface area contributed by atoms with Crippen LogP contribution in [0.1, 0.15) is 29.5 Å². The van der Waals surface area contributed by atoms with Crippen molar-refractivity contribution in [2.45, 2.75) is 32.6 Å². The lowest BCUT2D eigenvalue weighted by Crippen LogP contribution is -2.23. The minimum atomic E-state index is -0.148. The summed E-state index contributed by atoms with van der Waals surface area (Å²) >= 11 is 6.12. The summed E-state index contributed by atoms with van der Waals surface area (Å²) in [6.45, 7) is 2.25. The topological polar surface area (TPSA) is 79.5 Å². The Morgan fingerprint density at radius 1 is 1.15 bits per heavy atom. The first-order valence-corrected chi connectivity index (χ1v) is 9.14. The molecule has 0 aliphatic heterocycles. The lowest BCUT2D eigenvalue weighted by Gasteiger charge is -2.09. The fourth-order valence-electron chi connectivity index (χ4n) is 3.05. The molecule has 3 rings (SSSR count). The molecule has 2 aromatic carbocycles. The first kappa shape index (κ1) is 21.5. The van der Waals surface area contributed by atoms with Crippen LogP contribution < -0.4 is 16.4 Å². The fraction of sp³-hybridized carbons (Fsp3) is 0.300. The maximum Gasteiger partial charge on any atom is 0.226 e. The highest BCUT2D eigenvalue weighted by Gasteiger charge is 2.11. The molecule has 5 nitrogen and oxygen atoms in total. The van der Waals surface area contributed by atoms with Crippen LogP contribution in [-0.2, 0) is 17.6 Å². The number of guanidine groups is 1. The number of carbonyl (C=O) groups excluding carboxylic acids is 1. The summed E-state index contributed by atoms with van der Waals surface area (Å²) in [5.41, 5.74) is 11.3. The molecule has 4 N–H and O–H groups in total. The molecular formula is C20H24ClIN4O. The zero-order valence-electron chi connectivity index (χ0n) is 15.2. The van der Waals surface area contributed by atoms with Gasteiger partial charge in [-0.3, -0.25) is 9.79 Å². The first-order valence-electron chi connectivity index (χ1n) is 8.76. The molecule has 0 saturated carbocycles. The van der Waals surface area contributed by atoms with Crippen LogP contribution in [0.25, 0.3) is 0 Å². The average Bonchev–Trinajstić information content (AvgIpc) is 3.05.